The Morgan fingerprint density at radius 3 is 3.07 bits per heavy atom. The Hall–Kier alpha value is -1.07. The van der Waals surface area contributed by atoms with E-state index < -0.39 is 0 Å². The Kier molecular flexibility index (Phi) is 4.42. The van der Waals surface area contributed by atoms with Crippen molar-refractivity contribution >= 4 is 5.95 Å². The molecule has 0 spiro atoms. The molecule has 0 aliphatic carbocycles. The quantitative estimate of drug-likeness (QED) is 0.689. The molecule has 0 aliphatic rings. The zero-order valence-corrected chi connectivity index (χ0v) is 8.73. The molecule has 14 heavy (non-hydrogen) atoms. The summed E-state index contributed by atoms with van der Waals surface area (Å²) in [4.78, 5) is 4.20. The Labute approximate surface area is 84.3 Å². The Morgan fingerprint density at radius 1 is 1.71 bits per heavy atom. The molecule has 1 heterocycles. The van der Waals surface area contributed by atoms with Crippen LogP contribution in [0.5, 0.6) is 0 Å². The van der Waals surface area contributed by atoms with E-state index in [4.69, 9.17) is 10.5 Å². The summed E-state index contributed by atoms with van der Waals surface area (Å²) < 4.78 is 7.06. The molecule has 1 aromatic heterocycles. The van der Waals surface area contributed by atoms with Crippen LogP contribution in [0.25, 0.3) is 0 Å². The fourth-order valence-corrected chi connectivity index (χ4v) is 1.26. The molecule has 1 unspecified atom stereocenters. The number of hydrogen-bond donors (Lipinski definition) is 2. The number of hydrogen-bond acceptors (Lipinski definition) is 4. The van der Waals surface area contributed by atoms with E-state index in [1.165, 1.54) is 0 Å². The van der Waals surface area contributed by atoms with Gasteiger partial charge in [-0.1, -0.05) is 0 Å². The van der Waals surface area contributed by atoms with Crippen LogP contribution in [0, 0.1) is 0 Å². The molecule has 1 aromatic rings. The minimum Gasteiger partial charge on any atom is -0.383 e. The van der Waals surface area contributed by atoms with Crippen molar-refractivity contribution in [2.24, 2.45) is 5.73 Å². The minimum absolute atomic E-state index is 0.118. The van der Waals surface area contributed by atoms with Gasteiger partial charge in [-0.05, 0) is 6.92 Å². The Morgan fingerprint density at radius 2 is 2.50 bits per heavy atom. The second kappa shape index (κ2) is 5.62. The highest BCUT2D eigenvalue weighted by Crippen LogP contribution is 2.05. The van der Waals surface area contributed by atoms with E-state index >= 15 is 0 Å². The van der Waals surface area contributed by atoms with Crippen molar-refractivity contribution < 1.29 is 4.74 Å². The van der Waals surface area contributed by atoms with E-state index in [1.807, 2.05) is 10.8 Å². The van der Waals surface area contributed by atoms with Gasteiger partial charge in [0, 0.05) is 32.6 Å². The van der Waals surface area contributed by atoms with Crippen LogP contribution in [0.4, 0.5) is 5.95 Å². The third kappa shape index (κ3) is 2.71. The van der Waals surface area contributed by atoms with Crippen molar-refractivity contribution in [3.05, 3.63) is 12.4 Å². The molecule has 1 atom stereocenters. The third-order valence-corrected chi connectivity index (χ3v) is 2.04. The van der Waals surface area contributed by atoms with Crippen LogP contribution in [0.15, 0.2) is 12.4 Å². The van der Waals surface area contributed by atoms with Crippen molar-refractivity contribution in [3.63, 3.8) is 0 Å². The van der Waals surface area contributed by atoms with Crippen molar-refractivity contribution in [1.29, 1.82) is 0 Å². The second-order valence-electron chi connectivity index (χ2n) is 3.07. The molecule has 0 saturated carbocycles. The van der Waals surface area contributed by atoms with Crippen LogP contribution in [-0.2, 0) is 11.3 Å². The van der Waals surface area contributed by atoms with Crippen LogP contribution in [-0.4, -0.2) is 35.9 Å². The summed E-state index contributed by atoms with van der Waals surface area (Å²) in [5, 5.41) is 3.23. The van der Waals surface area contributed by atoms with Crippen LogP contribution in [0.2, 0.25) is 0 Å². The lowest BCUT2D eigenvalue weighted by Crippen LogP contribution is -2.34. The molecule has 0 fully saturated rings. The topological polar surface area (TPSA) is 65.1 Å². The molecular formula is C9H18N4O. The van der Waals surface area contributed by atoms with E-state index in [1.54, 1.807) is 13.3 Å². The zero-order valence-electron chi connectivity index (χ0n) is 8.73. The molecule has 5 nitrogen and oxygen atoms in total. The molecule has 1 rings (SSSR count). The van der Waals surface area contributed by atoms with Crippen LogP contribution < -0.4 is 11.1 Å². The number of rotatable bonds is 6. The molecule has 0 bridgehead atoms. The number of imidazole rings is 1. The number of nitrogens with zero attached hydrogens (tertiary/aromatic N) is 2. The fraction of sp³-hybridized carbons (Fsp3) is 0.667. The highest BCUT2D eigenvalue weighted by atomic mass is 16.5. The number of ether oxygens (including phenoxy) is 1. The molecule has 0 radical (unpaired) electrons. The minimum atomic E-state index is 0.118. The summed E-state index contributed by atoms with van der Waals surface area (Å²) in [5.74, 6) is 0.847. The number of aromatic nitrogens is 2. The summed E-state index contributed by atoms with van der Waals surface area (Å²) in [5.41, 5.74) is 5.59. The number of aryl methyl sites for hydroxylation is 1. The number of anilines is 1. The van der Waals surface area contributed by atoms with Gasteiger partial charge in [0.05, 0.1) is 12.6 Å². The maximum absolute atomic E-state index is 5.59. The third-order valence-electron chi connectivity index (χ3n) is 2.04. The maximum atomic E-state index is 5.59. The van der Waals surface area contributed by atoms with E-state index in [0.29, 0.717) is 13.2 Å². The fourth-order valence-electron chi connectivity index (χ4n) is 1.26. The maximum Gasteiger partial charge on any atom is 0.203 e. The van der Waals surface area contributed by atoms with Crippen LogP contribution >= 0.6 is 0 Å². The zero-order chi connectivity index (χ0) is 10.4. The van der Waals surface area contributed by atoms with E-state index in [0.717, 1.165) is 12.5 Å². The summed E-state index contributed by atoms with van der Waals surface area (Å²) in [6, 6.07) is 0.118. The van der Waals surface area contributed by atoms with Gasteiger partial charge < -0.3 is 20.4 Å². The summed E-state index contributed by atoms with van der Waals surface area (Å²) in [7, 11) is 1.66. The van der Waals surface area contributed by atoms with Gasteiger partial charge in [0.15, 0.2) is 0 Å². The first-order valence-electron chi connectivity index (χ1n) is 4.78. The first-order chi connectivity index (χ1) is 6.81. The SMILES string of the molecule is CCn1ccnc1NC(CN)COC. The predicted molar refractivity (Wildman–Crippen MR) is 56.2 cm³/mol. The summed E-state index contributed by atoms with van der Waals surface area (Å²) in [6.07, 6.45) is 3.70. The normalized spacial score (nSPS) is 12.8. The lowest BCUT2D eigenvalue weighted by atomic mass is 10.3. The van der Waals surface area contributed by atoms with Gasteiger partial charge in [0.1, 0.15) is 0 Å². The van der Waals surface area contributed by atoms with Crippen LogP contribution in [0.3, 0.4) is 0 Å². The van der Waals surface area contributed by atoms with Gasteiger partial charge in [-0.3, -0.25) is 0 Å². The van der Waals surface area contributed by atoms with Gasteiger partial charge in [0.2, 0.25) is 5.95 Å². The lowest BCUT2D eigenvalue weighted by molar-refractivity contribution is 0.187. The Bertz CT molecular complexity index is 261. The average Bonchev–Trinajstić information content (AvgIpc) is 2.64. The van der Waals surface area contributed by atoms with Crippen molar-refractivity contribution in [2.45, 2.75) is 19.5 Å². The standard InChI is InChI=1S/C9H18N4O/c1-3-13-5-4-11-9(13)12-8(6-10)7-14-2/h4-5,8H,3,6-7,10H2,1-2H3,(H,11,12). The largest absolute Gasteiger partial charge is 0.383 e. The molecule has 0 aromatic carbocycles. The molecule has 80 valence electrons. The van der Waals surface area contributed by atoms with Gasteiger partial charge in [0.25, 0.3) is 0 Å². The summed E-state index contributed by atoms with van der Waals surface area (Å²) >= 11 is 0. The highest BCUT2D eigenvalue weighted by Gasteiger charge is 2.08. The van der Waals surface area contributed by atoms with Crippen molar-refractivity contribution in [2.75, 3.05) is 25.6 Å². The number of nitrogens with two attached hydrogens (primary N) is 1. The van der Waals surface area contributed by atoms with E-state index in [2.05, 4.69) is 17.2 Å². The molecule has 3 N–H and O–H groups in total. The summed E-state index contributed by atoms with van der Waals surface area (Å²) in [6.45, 7) is 4.09. The predicted octanol–water partition coefficient (Wildman–Crippen LogP) is 0.289. The average molecular weight is 198 g/mol. The van der Waals surface area contributed by atoms with Gasteiger partial charge in [-0.15, -0.1) is 0 Å². The lowest BCUT2D eigenvalue weighted by Gasteiger charge is -2.16. The first kappa shape index (κ1) is 11.0. The number of methoxy groups -OCH3 is 1. The number of nitrogens with one attached hydrogen (secondary N) is 1. The monoisotopic (exact) mass is 198 g/mol. The van der Waals surface area contributed by atoms with Crippen molar-refractivity contribution in [3.8, 4) is 0 Å². The Balaban J connectivity index is 2.56. The molecule has 0 amide bonds. The highest BCUT2D eigenvalue weighted by molar-refractivity contribution is 5.27. The van der Waals surface area contributed by atoms with Crippen molar-refractivity contribution in [1.82, 2.24) is 9.55 Å². The first-order valence-corrected chi connectivity index (χ1v) is 4.78. The molecular weight excluding hydrogens is 180 g/mol. The van der Waals surface area contributed by atoms with Gasteiger partial charge in [-0.2, -0.15) is 0 Å². The van der Waals surface area contributed by atoms with Gasteiger partial charge >= 0.3 is 0 Å². The smallest absolute Gasteiger partial charge is 0.203 e. The second-order valence-corrected chi connectivity index (χ2v) is 3.07. The molecule has 0 aliphatic heterocycles. The molecule has 5 heteroatoms. The van der Waals surface area contributed by atoms with Gasteiger partial charge in [-0.25, -0.2) is 4.98 Å². The van der Waals surface area contributed by atoms with Crippen LogP contribution in [0.1, 0.15) is 6.92 Å². The molecule has 0 saturated heterocycles. The van der Waals surface area contributed by atoms with E-state index in [-0.39, 0.29) is 6.04 Å². The van der Waals surface area contributed by atoms with E-state index in [9.17, 15) is 0 Å².